The second-order valence-electron chi connectivity index (χ2n) is 6.23. The van der Waals surface area contributed by atoms with E-state index in [0.717, 1.165) is 5.56 Å². The number of nitrogens with one attached hydrogen (secondary N) is 1. The first kappa shape index (κ1) is 18.4. The summed E-state index contributed by atoms with van der Waals surface area (Å²) in [5, 5.41) is 31.3. The largest absolute Gasteiger partial charge is 0.508 e. The molecule has 27 heavy (non-hydrogen) atoms. The van der Waals surface area contributed by atoms with Gasteiger partial charge in [-0.3, -0.25) is 9.36 Å². The van der Waals surface area contributed by atoms with Crippen molar-refractivity contribution in [1.82, 2.24) is 20.1 Å². The molecule has 140 valence electrons. The first-order valence-electron chi connectivity index (χ1n) is 8.82. The van der Waals surface area contributed by atoms with Crippen molar-refractivity contribution in [1.29, 1.82) is 0 Å². The molecule has 7 heteroatoms. The van der Waals surface area contributed by atoms with Crippen molar-refractivity contribution in [2.45, 2.75) is 27.2 Å². The van der Waals surface area contributed by atoms with E-state index in [4.69, 9.17) is 0 Å². The molecule has 0 fully saturated rings. The predicted molar refractivity (Wildman–Crippen MR) is 102 cm³/mol. The van der Waals surface area contributed by atoms with Gasteiger partial charge >= 0.3 is 0 Å². The van der Waals surface area contributed by atoms with E-state index in [1.54, 1.807) is 10.6 Å². The lowest BCUT2D eigenvalue weighted by atomic mass is 10.1. The van der Waals surface area contributed by atoms with Crippen molar-refractivity contribution < 1.29 is 15.0 Å². The van der Waals surface area contributed by atoms with Crippen LogP contribution in [0.2, 0.25) is 0 Å². The number of aryl methyl sites for hydroxylation is 2. The highest BCUT2D eigenvalue weighted by Gasteiger charge is 2.23. The van der Waals surface area contributed by atoms with Crippen molar-refractivity contribution in [3.05, 3.63) is 53.3 Å². The fourth-order valence-electron chi connectivity index (χ4n) is 2.87. The molecule has 0 saturated carbocycles. The Morgan fingerprint density at radius 2 is 1.78 bits per heavy atom. The third kappa shape index (κ3) is 3.48. The number of aromatic nitrogens is 3. The van der Waals surface area contributed by atoms with Gasteiger partial charge in [0.05, 0.1) is 5.56 Å². The molecule has 0 aliphatic carbocycles. The van der Waals surface area contributed by atoms with E-state index in [9.17, 15) is 15.0 Å². The van der Waals surface area contributed by atoms with Crippen LogP contribution in [0.25, 0.3) is 17.1 Å². The number of phenolic OH excluding ortho intramolecular Hbond substituents is 2. The third-order valence-electron chi connectivity index (χ3n) is 4.31. The summed E-state index contributed by atoms with van der Waals surface area (Å²) < 4.78 is 1.61. The zero-order valence-electron chi connectivity index (χ0n) is 15.5. The van der Waals surface area contributed by atoms with Crippen LogP contribution in [0.5, 0.6) is 11.5 Å². The maximum atomic E-state index is 12.5. The van der Waals surface area contributed by atoms with Crippen LogP contribution in [-0.4, -0.2) is 37.4 Å². The summed E-state index contributed by atoms with van der Waals surface area (Å²) >= 11 is 0. The maximum absolute atomic E-state index is 12.5. The first-order chi connectivity index (χ1) is 13.0. The normalized spacial score (nSPS) is 10.8. The number of benzene rings is 2. The number of carbonyl (C=O) groups excluding carboxylic acids is 1. The summed E-state index contributed by atoms with van der Waals surface area (Å²) in [7, 11) is 0. The molecular formula is C20H22N4O3. The molecule has 1 aromatic heterocycles. The van der Waals surface area contributed by atoms with E-state index >= 15 is 0 Å². The van der Waals surface area contributed by atoms with Gasteiger partial charge in [0.15, 0.2) is 5.82 Å². The van der Waals surface area contributed by atoms with Crippen LogP contribution in [0.4, 0.5) is 0 Å². The minimum absolute atomic E-state index is 0.0177. The minimum Gasteiger partial charge on any atom is -0.508 e. The summed E-state index contributed by atoms with van der Waals surface area (Å²) in [6.45, 7) is 6.16. The zero-order chi connectivity index (χ0) is 19.6. The third-order valence-corrected chi connectivity index (χ3v) is 4.31. The molecule has 0 aliphatic heterocycles. The van der Waals surface area contributed by atoms with E-state index in [2.05, 4.69) is 15.5 Å². The highest BCUT2D eigenvalue weighted by molar-refractivity contribution is 5.92. The molecule has 0 aliphatic rings. The standard InChI is InChI=1S/C20H22N4O3/c1-4-13-10-15(17(26)11-16(13)25)18-22-23-19(20(27)21-5-2)24(18)14-8-6-12(3)7-9-14/h6-11,25-26H,4-5H2,1-3H3,(H,21,27). The Hall–Kier alpha value is -3.35. The van der Waals surface area contributed by atoms with Crippen molar-refractivity contribution in [3.63, 3.8) is 0 Å². The lowest BCUT2D eigenvalue weighted by Crippen LogP contribution is -2.26. The number of hydrogen-bond acceptors (Lipinski definition) is 5. The average molecular weight is 366 g/mol. The molecule has 0 spiro atoms. The van der Waals surface area contributed by atoms with Crippen LogP contribution < -0.4 is 5.32 Å². The van der Waals surface area contributed by atoms with Gasteiger partial charge in [-0.2, -0.15) is 0 Å². The number of aromatic hydroxyl groups is 2. The van der Waals surface area contributed by atoms with Gasteiger partial charge in [-0.15, -0.1) is 10.2 Å². The molecule has 7 nitrogen and oxygen atoms in total. The van der Waals surface area contributed by atoms with Crippen molar-refractivity contribution in [2.24, 2.45) is 0 Å². The van der Waals surface area contributed by atoms with Gasteiger partial charge in [0.2, 0.25) is 5.82 Å². The van der Waals surface area contributed by atoms with Crippen molar-refractivity contribution in [2.75, 3.05) is 6.54 Å². The lowest BCUT2D eigenvalue weighted by Gasteiger charge is -2.13. The second kappa shape index (κ2) is 7.49. The molecule has 0 bridgehead atoms. The summed E-state index contributed by atoms with van der Waals surface area (Å²) in [5.74, 6) is -0.0173. The average Bonchev–Trinajstić information content (AvgIpc) is 3.07. The predicted octanol–water partition coefficient (Wildman–Crippen LogP) is 2.97. The van der Waals surface area contributed by atoms with Crippen LogP contribution in [0.15, 0.2) is 36.4 Å². The molecule has 0 unspecified atom stereocenters. The number of rotatable bonds is 5. The van der Waals surface area contributed by atoms with Gasteiger partial charge in [-0.05, 0) is 44.0 Å². The van der Waals surface area contributed by atoms with E-state index in [0.29, 0.717) is 35.6 Å². The number of carbonyl (C=O) groups is 1. The minimum atomic E-state index is -0.356. The Kier molecular flexibility index (Phi) is 5.12. The Bertz CT molecular complexity index is 978. The number of hydrogen-bond donors (Lipinski definition) is 3. The first-order valence-corrected chi connectivity index (χ1v) is 8.82. The molecular weight excluding hydrogens is 344 g/mol. The quantitative estimate of drug-likeness (QED) is 0.645. The topological polar surface area (TPSA) is 100 Å². The van der Waals surface area contributed by atoms with Crippen LogP contribution >= 0.6 is 0 Å². The highest BCUT2D eigenvalue weighted by Crippen LogP contribution is 2.35. The molecule has 3 N–H and O–H groups in total. The number of amides is 1. The van der Waals surface area contributed by atoms with Crippen molar-refractivity contribution >= 4 is 5.91 Å². The SMILES string of the molecule is CCNC(=O)c1nnc(-c2cc(CC)c(O)cc2O)n1-c1ccc(C)cc1. The van der Waals surface area contributed by atoms with Gasteiger partial charge in [-0.25, -0.2) is 0 Å². The van der Waals surface area contributed by atoms with Gasteiger partial charge in [0, 0.05) is 18.3 Å². The molecule has 3 rings (SSSR count). The van der Waals surface area contributed by atoms with E-state index in [-0.39, 0.29) is 23.2 Å². The van der Waals surface area contributed by atoms with Crippen LogP contribution in [0.3, 0.4) is 0 Å². The fourth-order valence-corrected chi connectivity index (χ4v) is 2.87. The highest BCUT2D eigenvalue weighted by atomic mass is 16.3. The smallest absolute Gasteiger partial charge is 0.289 e. The molecule has 2 aromatic carbocycles. The van der Waals surface area contributed by atoms with Gasteiger partial charge in [0.25, 0.3) is 5.91 Å². The summed E-state index contributed by atoms with van der Waals surface area (Å²) in [4.78, 5) is 12.5. The second-order valence-corrected chi connectivity index (χ2v) is 6.23. The Morgan fingerprint density at radius 1 is 1.07 bits per heavy atom. The van der Waals surface area contributed by atoms with Crippen LogP contribution in [0, 0.1) is 6.92 Å². The van der Waals surface area contributed by atoms with Crippen molar-refractivity contribution in [3.8, 4) is 28.6 Å². The summed E-state index contributed by atoms with van der Waals surface area (Å²) in [6.07, 6.45) is 0.584. The molecule has 3 aromatic rings. The molecule has 1 amide bonds. The monoisotopic (exact) mass is 366 g/mol. The van der Waals surface area contributed by atoms with Crippen LogP contribution in [-0.2, 0) is 6.42 Å². The Labute approximate surface area is 157 Å². The Morgan fingerprint density at radius 3 is 2.41 bits per heavy atom. The lowest BCUT2D eigenvalue weighted by molar-refractivity contribution is 0.0943. The van der Waals surface area contributed by atoms with Gasteiger partial charge in [-0.1, -0.05) is 24.6 Å². The Balaban J connectivity index is 2.25. The summed E-state index contributed by atoms with van der Waals surface area (Å²) in [6, 6.07) is 10.5. The van der Waals surface area contributed by atoms with E-state index < -0.39 is 0 Å². The molecule has 0 saturated heterocycles. The van der Waals surface area contributed by atoms with E-state index in [1.807, 2.05) is 45.0 Å². The maximum Gasteiger partial charge on any atom is 0.289 e. The number of phenols is 2. The summed E-state index contributed by atoms with van der Waals surface area (Å²) in [5.41, 5.74) is 2.84. The van der Waals surface area contributed by atoms with Gasteiger partial charge in [0.1, 0.15) is 11.5 Å². The zero-order valence-corrected chi connectivity index (χ0v) is 15.5. The number of nitrogens with zero attached hydrogens (tertiary/aromatic N) is 3. The fraction of sp³-hybridized carbons (Fsp3) is 0.250. The molecule has 0 atom stereocenters. The van der Waals surface area contributed by atoms with E-state index in [1.165, 1.54) is 6.07 Å². The molecule has 1 heterocycles. The van der Waals surface area contributed by atoms with Crippen LogP contribution in [0.1, 0.15) is 35.6 Å². The molecule has 0 radical (unpaired) electrons. The van der Waals surface area contributed by atoms with Gasteiger partial charge < -0.3 is 15.5 Å².